The first kappa shape index (κ1) is 19.7. The van der Waals surface area contributed by atoms with E-state index in [-0.39, 0.29) is 0 Å². The van der Waals surface area contributed by atoms with Crippen LogP contribution in [-0.2, 0) is 0 Å². The average Bonchev–Trinajstić information content (AvgIpc) is 2.47. The molecule has 1 atom stereocenters. The first-order chi connectivity index (χ1) is 9.81. The van der Waals surface area contributed by atoms with Gasteiger partial charge in [0.1, 0.15) is 0 Å². The molecule has 0 bridgehead atoms. The zero-order chi connectivity index (χ0) is 14.9. The van der Waals surface area contributed by atoms with Gasteiger partial charge >= 0.3 is 0 Å². The summed E-state index contributed by atoms with van der Waals surface area (Å²) in [5, 5.41) is 3.56. The number of rotatable bonds is 15. The van der Waals surface area contributed by atoms with Gasteiger partial charge in [0.05, 0.1) is 0 Å². The second kappa shape index (κ2) is 16.8. The Morgan fingerprint density at radius 2 is 1.30 bits per heavy atom. The van der Waals surface area contributed by atoms with Crippen LogP contribution in [0.15, 0.2) is 12.2 Å². The Morgan fingerprint density at radius 1 is 0.750 bits per heavy atom. The predicted molar refractivity (Wildman–Crippen MR) is 93.4 cm³/mol. The summed E-state index contributed by atoms with van der Waals surface area (Å²) in [5.41, 5.74) is 0. The molecule has 0 heterocycles. The van der Waals surface area contributed by atoms with E-state index in [0.717, 1.165) is 0 Å². The Balaban J connectivity index is 3.08. The quantitative estimate of drug-likeness (QED) is 0.277. The molecular weight excluding hydrogens is 242 g/mol. The maximum atomic E-state index is 3.56. The third kappa shape index (κ3) is 15.8. The molecule has 0 amide bonds. The zero-order valence-electron chi connectivity index (χ0n) is 14.4. The van der Waals surface area contributed by atoms with Gasteiger partial charge in [0, 0.05) is 6.04 Å². The van der Waals surface area contributed by atoms with Gasteiger partial charge in [-0.2, -0.15) is 0 Å². The average molecular weight is 282 g/mol. The van der Waals surface area contributed by atoms with E-state index in [0.29, 0.717) is 6.04 Å². The van der Waals surface area contributed by atoms with Gasteiger partial charge in [-0.1, -0.05) is 64.5 Å². The Morgan fingerprint density at radius 3 is 1.85 bits per heavy atom. The molecular formula is C19H39N. The lowest BCUT2D eigenvalue weighted by Gasteiger charge is -2.10. The molecule has 0 aromatic carbocycles. The third-order valence-corrected chi connectivity index (χ3v) is 4.04. The van der Waals surface area contributed by atoms with E-state index < -0.39 is 0 Å². The molecule has 0 aromatic rings. The summed E-state index contributed by atoms with van der Waals surface area (Å²) in [7, 11) is 0. The van der Waals surface area contributed by atoms with E-state index in [4.69, 9.17) is 0 Å². The molecule has 0 aromatic heterocycles. The van der Waals surface area contributed by atoms with Crippen molar-refractivity contribution < 1.29 is 0 Å². The SMILES string of the molecule is CCCCCCC/C=C/CCCCCCNC(C)CC. The van der Waals surface area contributed by atoms with Crippen molar-refractivity contribution >= 4 is 0 Å². The Kier molecular flexibility index (Phi) is 16.5. The number of hydrogen-bond donors (Lipinski definition) is 1. The maximum absolute atomic E-state index is 3.56. The van der Waals surface area contributed by atoms with Crippen molar-refractivity contribution in [3.8, 4) is 0 Å². The zero-order valence-corrected chi connectivity index (χ0v) is 14.4. The van der Waals surface area contributed by atoms with E-state index >= 15 is 0 Å². The summed E-state index contributed by atoms with van der Waals surface area (Å²) in [4.78, 5) is 0. The molecule has 0 radical (unpaired) electrons. The van der Waals surface area contributed by atoms with Crippen LogP contribution in [-0.4, -0.2) is 12.6 Å². The van der Waals surface area contributed by atoms with Crippen LogP contribution in [0.2, 0.25) is 0 Å². The van der Waals surface area contributed by atoms with Crippen molar-refractivity contribution in [2.24, 2.45) is 0 Å². The predicted octanol–water partition coefficient (Wildman–Crippen LogP) is 6.24. The molecule has 0 aliphatic carbocycles. The second-order valence-electron chi connectivity index (χ2n) is 6.14. The van der Waals surface area contributed by atoms with Gasteiger partial charge in [0.15, 0.2) is 0 Å². The lowest BCUT2D eigenvalue weighted by Crippen LogP contribution is -2.25. The van der Waals surface area contributed by atoms with Gasteiger partial charge in [-0.15, -0.1) is 0 Å². The fraction of sp³-hybridized carbons (Fsp3) is 0.895. The minimum absolute atomic E-state index is 0.690. The molecule has 1 unspecified atom stereocenters. The molecule has 0 rings (SSSR count). The van der Waals surface area contributed by atoms with Crippen molar-refractivity contribution in [1.82, 2.24) is 5.32 Å². The van der Waals surface area contributed by atoms with Gasteiger partial charge in [0.25, 0.3) is 0 Å². The van der Waals surface area contributed by atoms with Crippen LogP contribution < -0.4 is 5.32 Å². The number of nitrogens with one attached hydrogen (secondary N) is 1. The monoisotopic (exact) mass is 281 g/mol. The lowest BCUT2D eigenvalue weighted by molar-refractivity contribution is 0.508. The van der Waals surface area contributed by atoms with Crippen molar-refractivity contribution in [1.29, 1.82) is 0 Å². The number of allylic oxidation sites excluding steroid dienone is 2. The summed E-state index contributed by atoms with van der Waals surface area (Å²) in [6.45, 7) is 7.99. The largest absolute Gasteiger partial charge is 0.314 e. The van der Waals surface area contributed by atoms with Crippen molar-refractivity contribution in [3.63, 3.8) is 0 Å². The molecule has 120 valence electrons. The summed E-state index contributed by atoms with van der Waals surface area (Å²) < 4.78 is 0. The van der Waals surface area contributed by atoms with Gasteiger partial charge in [-0.25, -0.2) is 0 Å². The lowest BCUT2D eigenvalue weighted by atomic mass is 10.1. The fourth-order valence-corrected chi connectivity index (χ4v) is 2.33. The smallest absolute Gasteiger partial charge is 0.00360 e. The maximum Gasteiger partial charge on any atom is 0.00360 e. The number of hydrogen-bond acceptors (Lipinski definition) is 1. The standard InChI is InChI=1S/C19H39N/c1-4-6-7-8-9-10-11-12-13-14-15-16-17-18-20-19(3)5-2/h11-12,19-20H,4-10,13-18H2,1-3H3/b12-11+. The molecule has 1 nitrogen and oxygen atoms in total. The molecule has 0 fully saturated rings. The molecule has 0 saturated heterocycles. The molecule has 20 heavy (non-hydrogen) atoms. The van der Waals surface area contributed by atoms with E-state index in [1.165, 1.54) is 83.6 Å². The van der Waals surface area contributed by atoms with Crippen molar-refractivity contribution in [3.05, 3.63) is 12.2 Å². The van der Waals surface area contributed by atoms with Crippen molar-refractivity contribution in [2.75, 3.05) is 6.54 Å². The van der Waals surface area contributed by atoms with Gasteiger partial charge in [-0.05, 0) is 52.0 Å². The number of unbranched alkanes of at least 4 members (excludes halogenated alkanes) is 9. The van der Waals surface area contributed by atoms with Crippen molar-refractivity contribution in [2.45, 2.75) is 104 Å². The van der Waals surface area contributed by atoms with E-state index in [2.05, 4.69) is 38.2 Å². The van der Waals surface area contributed by atoms with E-state index in [1.54, 1.807) is 0 Å². The third-order valence-electron chi connectivity index (χ3n) is 4.04. The topological polar surface area (TPSA) is 12.0 Å². The summed E-state index contributed by atoms with van der Waals surface area (Å²) in [6.07, 6.45) is 21.1. The van der Waals surface area contributed by atoms with Crippen LogP contribution in [0.1, 0.15) is 97.8 Å². The molecule has 0 aliphatic rings. The van der Waals surface area contributed by atoms with Gasteiger partial charge < -0.3 is 5.32 Å². The van der Waals surface area contributed by atoms with Crippen LogP contribution in [0.25, 0.3) is 0 Å². The molecule has 1 N–H and O–H groups in total. The molecule has 1 heteroatoms. The summed E-state index contributed by atoms with van der Waals surface area (Å²) >= 11 is 0. The summed E-state index contributed by atoms with van der Waals surface area (Å²) in [5.74, 6) is 0. The first-order valence-corrected chi connectivity index (χ1v) is 9.19. The van der Waals surface area contributed by atoms with E-state index in [9.17, 15) is 0 Å². The van der Waals surface area contributed by atoms with Gasteiger partial charge in [0.2, 0.25) is 0 Å². The highest BCUT2D eigenvalue weighted by atomic mass is 14.9. The fourth-order valence-electron chi connectivity index (χ4n) is 2.33. The highest BCUT2D eigenvalue weighted by Crippen LogP contribution is 2.07. The molecule has 0 aliphatic heterocycles. The molecule has 0 saturated carbocycles. The molecule has 0 spiro atoms. The Labute approximate surface area is 128 Å². The Hall–Kier alpha value is -0.300. The summed E-state index contributed by atoms with van der Waals surface area (Å²) in [6, 6.07) is 0.690. The first-order valence-electron chi connectivity index (χ1n) is 9.19. The normalized spacial score (nSPS) is 13.2. The highest BCUT2D eigenvalue weighted by Gasteiger charge is 1.95. The van der Waals surface area contributed by atoms with Crippen LogP contribution in [0.3, 0.4) is 0 Å². The van der Waals surface area contributed by atoms with Crippen LogP contribution in [0.4, 0.5) is 0 Å². The Bertz CT molecular complexity index is 198. The minimum Gasteiger partial charge on any atom is -0.314 e. The van der Waals surface area contributed by atoms with Crippen LogP contribution in [0.5, 0.6) is 0 Å². The van der Waals surface area contributed by atoms with E-state index in [1.807, 2.05) is 0 Å². The highest BCUT2D eigenvalue weighted by molar-refractivity contribution is 4.81. The van der Waals surface area contributed by atoms with Crippen LogP contribution in [0, 0.1) is 0 Å². The second-order valence-corrected chi connectivity index (χ2v) is 6.14. The van der Waals surface area contributed by atoms with Gasteiger partial charge in [-0.3, -0.25) is 0 Å². The minimum atomic E-state index is 0.690. The van der Waals surface area contributed by atoms with Crippen LogP contribution >= 0.6 is 0 Å².